The highest BCUT2D eigenvalue weighted by molar-refractivity contribution is 5.91. The summed E-state index contributed by atoms with van der Waals surface area (Å²) in [6.07, 6.45) is 0. The molecule has 1 rings (SSSR count). The molecule has 0 aliphatic carbocycles. The average Bonchev–Trinajstić information content (AvgIpc) is 2.27. The Hall–Kier alpha value is -1.65. The lowest BCUT2D eigenvalue weighted by Gasteiger charge is -2.28. The van der Waals surface area contributed by atoms with Gasteiger partial charge in [-0.2, -0.15) is 0 Å². The van der Waals surface area contributed by atoms with E-state index in [0.29, 0.717) is 11.5 Å². The molecule has 0 bridgehead atoms. The molecule has 0 saturated heterocycles. The van der Waals surface area contributed by atoms with Crippen LogP contribution in [0.25, 0.3) is 0 Å². The molecule has 0 aliphatic rings. The van der Waals surface area contributed by atoms with Gasteiger partial charge in [0.05, 0.1) is 0 Å². The van der Waals surface area contributed by atoms with Gasteiger partial charge in [0, 0.05) is 13.1 Å². The predicted molar refractivity (Wildman–Crippen MR) is 68.0 cm³/mol. The van der Waals surface area contributed by atoms with Gasteiger partial charge in [0.2, 0.25) is 0 Å². The Kier molecular flexibility index (Phi) is 4.04. The number of aromatic nitrogens is 2. The van der Waals surface area contributed by atoms with E-state index in [1.54, 1.807) is 19.2 Å². The molecule has 1 aromatic heterocycles. The molecule has 5 heteroatoms. The minimum Gasteiger partial charge on any atom is -0.366 e. The standard InChI is InChI=1S/C12H20N4O/c1-8(12(2,3)4)14-10-7-6-9(15-16-10)11(17)13-5/h6-8H,1-5H3,(H,13,17)(H,14,16). The summed E-state index contributed by atoms with van der Waals surface area (Å²) in [5.41, 5.74) is 0.461. The van der Waals surface area contributed by atoms with Gasteiger partial charge in [0.25, 0.3) is 5.91 Å². The zero-order chi connectivity index (χ0) is 13.1. The Morgan fingerprint density at radius 2 is 1.94 bits per heavy atom. The Bertz CT molecular complexity index is 380. The van der Waals surface area contributed by atoms with Crippen molar-refractivity contribution in [2.75, 3.05) is 12.4 Å². The van der Waals surface area contributed by atoms with Gasteiger partial charge in [-0.1, -0.05) is 20.8 Å². The molecule has 1 atom stereocenters. The van der Waals surface area contributed by atoms with Crippen LogP contribution in [0.15, 0.2) is 12.1 Å². The highest BCUT2D eigenvalue weighted by Gasteiger charge is 2.20. The number of hydrogen-bond acceptors (Lipinski definition) is 4. The number of carbonyl (C=O) groups is 1. The largest absolute Gasteiger partial charge is 0.366 e. The Balaban J connectivity index is 2.72. The Morgan fingerprint density at radius 3 is 2.35 bits per heavy atom. The molecule has 0 fully saturated rings. The van der Waals surface area contributed by atoms with Crippen molar-refractivity contribution in [3.05, 3.63) is 17.8 Å². The van der Waals surface area contributed by atoms with Gasteiger partial charge >= 0.3 is 0 Å². The lowest BCUT2D eigenvalue weighted by Crippen LogP contribution is -2.31. The molecule has 0 aromatic carbocycles. The van der Waals surface area contributed by atoms with Crippen molar-refractivity contribution in [2.45, 2.75) is 33.7 Å². The quantitative estimate of drug-likeness (QED) is 0.838. The van der Waals surface area contributed by atoms with Crippen LogP contribution in [0.1, 0.15) is 38.2 Å². The summed E-state index contributed by atoms with van der Waals surface area (Å²) in [6.45, 7) is 8.54. The summed E-state index contributed by atoms with van der Waals surface area (Å²) < 4.78 is 0. The van der Waals surface area contributed by atoms with Crippen molar-refractivity contribution in [1.82, 2.24) is 15.5 Å². The molecule has 0 radical (unpaired) electrons. The third-order valence-corrected chi connectivity index (χ3v) is 2.79. The number of anilines is 1. The van der Waals surface area contributed by atoms with Crippen LogP contribution in [0.2, 0.25) is 0 Å². The maximum atomic E-state index is 11.3. The number of nitrogens with one attached hydrogen (secondary N) is 2. The second-order valence-corrected chi connectivity index (χ2v) is 5.11. The molecule has 94 valence electrons. The zero-order valence-electron chi connectivity index (χ0n) is 11.0. The third kappa shape index (κ3) is 3.69. The maximum Gasteiger partial charge on any atom is 0.271 e. The van der Waals surface area contributed by atoms with Crippen LogP contribution in [0, 0.1) is 5.41 Å². The van der Waals surface area contributed by atoms with Crippen LogP contribution in [0.5, 0.6) is 0 Å². The predicted octanol–water partition coefficient (Wildman–Crippen LogP) is 1.68. The lowest BCUT2D eigenvalue weighted by atomic mass is 9.88. The number of carbonyl (C=O) groups excluding carboxylic acids is 1. The second-order valence-electron chi connectivity index (χ2n) is 5.11. The highest BCUT2D eigenvalue weighted by atomic mass is 16.1. The van der Waals surface area contributed by atoms with E-state index in [4.69, 9.17) is 0 Å². The normalized spacial score (nSPS) is 13.0. The van der Waals surface area contributed by atoms with Crippen LogP contribution in [0.4, 0.5) is 5.82 Å². The number of nitrogens with zero attached hydrogens (tertiary/aromatic N) is 2. The fourth-order valence-electron chi connectivity index (χ4n) is 1.10. The first kappa shape index (κ1) is 13.4. The molecule has 0 spiro atoms. The summed E-state index contributed by atoms with van der Waals surface area (Å²) in [5, 5.41) is 13.6. The van der Waals surface area contributed by atoms with Gasteiger partial charge in [0.15, 0.2) is 5.69 Å². The van der Waals surface area contributed by atoms with Crippen molar-refractivity contribution in [3.8, 4) is 0 Å². The van der Waals surface area contributed by atoms with E-state index in [0.717, 1.165) is 0 Å². The third-order valence-electron chi connectivity index (χ3n) is 2.79. The van der Waals surface area contributed by atoms with Crippen molar-refractivity contribution in [2.24, 2.45) is 5.41 Å². The minimum atomic E-state index is -0.229. The van der Waals surface area contributed by atoms with E-state index < -0.39 is 0 Å². The molecule has 0 aliphatic heterocycles. The van der Waals surface area contributed by atoms with Crippen LogP contribution < -0.4 is 10.6 Å². The van der Waals surface area contributed by atoms with E-state index in [1.807, 2.05) is 0 Å². The second kappa shape index (κ2) is 5.12. The molecule has 2 N–H and O–H groups in total. The fourth-order valence-corrected chi connectivity index (χ4v) is 1.10. The molecule has 1 unspecified atom stereocenters. The first-order valence-corrected chi connectivity index (χ1v) is 5.67. The summed E-state index contributed by atoms with van der Waals surface area (Å²) in [7, 11) is 1.57. The minimum absolute atomic E-state index is 0.140. The Labute approximate surface area is 102 Å². The first-order chi connectivity index (χ1) is 7.84. The van der Waals surface area contributed by atoms with Crippen LogP contribution in [-0.2, 0) is 0 Å². The highest BCUT2D eigenvalue weighted by Crippen LogP contribution is 2.21. The number of hydrogen-bond donors (Lipinski definition) is 2. The van der Waals surface area contributed by atoms with Gasteiger partial charge in [-0.15, -0.1) is 10.2 Å². The van der Waals surface area contributed by atoms with Crippen molar-refractivity contribution < 1.29 is 4.79 Å². The van der Waals surface area contributed by atoms with Gasteiger partial charge in [0.1, 0.15) is 5.82 Å². The molecule has 17 heavy (non-hydrogen) atoms. The molecule has 1 aromatic rings. The van der Waals surface area contributed by atoms with Crippen LogP contribution in [0.3, 0.4) is 0 Å². The van der Waals surface area contributed by atoms with Crippen molar-refractivity contribution in [1.29, 1.82) is 0 Å². The number of amides is 1. The van der Waals surface area contributed by atoms with Crippen molar-refractivity contribution >= 4 is 11.7 Å². The first-order valence-electron chi connectivity index (χ1n) is 5.67. The van der Waals surface area contributed by atoms with E-state index >= 15 is 0 Å². The molecular weight excluding hydrogens is 216 g/mol. The van der Waals surface area contributed by atoms with E-state index in [-0.39, 0.29) is 17.4 Å². The lowest BCUT2D eigenvalue weighted by molar-refractivity contribution is 0.0957. The van der Waals surface area contributed by atoms with E-state index in [1.165, 1.54) is 0 Å². The summed E-state index contributed by atoms with van der Waals surface area (Å²) >= 11 is 0. The summed E-state index contributed by atoms with van der Waals surface area (Å²) in [6, 6.07) is 3.69. The molecule has 5 nitrogen and oxygen atoms in total. The number of rotatable bonds is 3. The zero-order valence-corrected chi connectivity index (χ0v) is 11.0. The molecule has 1 amide bonds. The Morgan fingerprint density at radius 1 is 1.29 bits per heavy atom. The molecule has 1 heterocycles. The SMILES string of the molecule is CNC(=O)c1ccc(NC(C)C(C)(C)C)nn1. The van der Waals surface area contributed by atoms with Crippen molar-refractivity contribution in [3.63, 3.8) is 0 Å². The molecule has 0 saturated carbocycles. The maximum absolute atomic E-state index is 11.3. The smallest absolute Gasteiger partial charge is 0.271 e. The van der Waals surface area contributed by atoms with Gasteiger partial charge < -0.3 is 10.6 Å². The van der Waals surface area contributed by atoms with Crippen LogP contribution in [-0.4, -0.2) is 29.2 Å². The van der Waals surface area contributed by atoms with Gasteiger partial charge in [-0.25, -0.2) is 0 Å². The topological polar surface area (TPSA) is 66.9 Å². The van der Waals surface area contributed by atoms with Gasteiger partial charge in [-0.3, -0.25) is 4.79 Å². The summed E-state index contributed by atoms with van der Waals surface area (Å²) in [4.78, 5) is 11.3. The van der Waals surface area contributed by atoms with E-state index in [2.05, 4.69) is 48.5 Å². The van der Waals surface area contributed by atoms with E-state index in [9.17, 15) is 4.79 Å². The average molecular weight is 236 g/mol. The van der Waals surface area contributed by atoms with Gasteiger partial charge in [-0.05, 0) is 24.5 Å². The molecular formula is C12H20N4O. The fraction of sp³-hybridized carbons (Fsp3) is 0.583. The summed E-state index contributed by atoms with van der Waals surface area (Å²) in [5.74, 6) is 0.452. The van der Waals surface area contributed by atoms with Crippen LogP contribution >= 0.6 is 0 Å². The monoisotopic (exact) mass is 236 g/mol.